The van der Waals surface area contributed by atoms with E-state index in [-0.39, 0.29) is 0 Å². The monoisotopic (exact) mass is 188 g/mol. The average Bonchev–Trinajstić information content (AvgIpc) is 2.14. The Morgan fingerprint density at radius 1 is 1.57 bits per heavy atom. The quantitative estimate of drug-likeness (QED) is 0.735. The summed E-state index contributed by atoms with van der Waals surface area (Å²) < 4.78 is 0. The highest BCUT2D eigenvalue weighted by atomic mass is 14.9. The third-order valence-electron chi connectivity index (χ3n) is 1.82. The zero-order valence-corrected chi connectivity index (χ0v) is 7.99. The van der Waals surface area contributed by atoms with Gasteiger partial charge in [-0.3, -0.25) is 0 Å². The molecule has 0 saturated carbocycles. The topological polar surface area (TPSA) is 88.7 Å². The number of rotatable bonds is 2. The van der Waals surface area contributed by atoms with Crippen LogP contribution in [0.2, 0.25) is 0 Å². The summed E-state index contributed by atoms with van der Waals surface area (Å²) in [6.45, 7) is 1.85. The van der Waals surface area contributed by atoms with E-state index in [4.69, 9.17) is 16.7 Å². The second-order valence-electron chi connectivity index (χ2n) is 2.90. The van der Waals surface area contributed by atoms with E-state index in [1.807, 2.05) is 19.1 Å². The van der Waals surface area contributed by atoms with Gasteiger partial charge in [0.2, 0.25) is 0 Å². The molecule has 0 bridgehead atoms. The number of anilines is 2. The lowest BCUT2D eigenvalue weighted by Crippen LogP contribution is -2.00. The number of nitrogens with two attached hydrogens (primary N) is 2. The highest BCUT2D eigenvalue weighted by molar-refractivity contribution is 5.66. The van der Waals surface area contributed by atoms with Gasteiger partial charge in [0.15, 0.2) is 0 Å². The molecule has 0 amide bonds. The van der Waals surface area contributed by atoms with Gasteiger partial charge in [0.05, 0.1) is 18.2 Å². The fourth-order valence-corrected chi connectivity index (χ4v) is 1.06. The summed E-state index contributed by atoms with van der Waals surface area (Å²) in [5.41, 5.74) is 13.3. The Hall–Kier alpha value is -2.02. The first kappa shape index (κ1) is 10.1. The van der Waals surface area contributed by atoms with Crippen molar-refractivity contribution < 1.29 is 0 Å². The SMILES string of the molecule is Cc1nc(N)c(N)cc1C=CCC#N. The number of hydrogen-bond acceptors (Lipinski definition) is 4. The van der Waals surface area contributed by atoms with E-state index in [1.165, 1.54) is 0 Å². The Balaban J connectivity index is 2.99. The number of nitrogens with zero attached hydrogens (tertiary/aromatic N) is 2. The van der Waals surface area contributed by atoms with Crippen molar-refractivity contribution in [1.82, 2.24) is 4.98 Å². The molecule has 0 atom stereocenters. The molecule has 1 rings (SSSR count). The number of pyridine rings is 1. The van der Waals surface area contributed by atoms with Crippen molar-refractivity contribution in [2.24, 2.45) is 0 Å². The molecule has 4 N–H and O–H groups in total. The Morgan fingerprint density at radius 3 is 2.93 bits per heavy atom. The van der Waals surface area contributed by atoms with Crippen molar-refractivity contribution in [2.45, 2.75) is 13.3 Å². The van der Waals surface area contributed by atoms with Crippen molar-refractivity contribution >= 4 is 17.6 Å². The standard InChI is InChI=1S/C10H12N4/c1-7-8(4-2-3-5-11)6-9(12)10(13)14-7/h2,4,6H,3,12H2,1H3,(H2,13,14). The molecule has 1 heterocycles. The molecule has 4 nitrogen and oxygen atoms in total. The zero-order chi connectivity index (χ0) is 10.6. The first-order valence-corrected chi connectivity index (χ1v) is 4.21. The van der Waals surface area contributed by atoms with Crippen molar-refractivity contribution in [3.63, 3.8) is 0 Å². The summed E-state index contributed by atoms with van der Waals surface area (Å²) in [5, 5.41) is 8.35. The molecule has 0 unspecified atom stereocenters. The Bertz CT molecular complexity index is 401. The minimum atomic E-state index is 0.347. The van der Waals surface area contributed by atoms with Crippen LogP contribution in [0.25, 0.3) is 6.08 Å². The highest BCUT2D eigenvalue weighted by Gasteiger charge is 2.00. The van der Waals surface area contributed by atoms with Crippen LogP contribution in [0.3, 0.4) is 0 Å². The molecule has 0 aliphatic rings. The summed E-state index contributed by atoms with van der Waals surface area (Å²) in [6, 6.07) is 3.78. The molecule has 4 heteroatoms. The maximum absolute atomic E-state index is 8.35. The minimum Gasteiger partial charge on any atom is -0.396 e. The van der Waals surface area contributed by atoms with Gasteiger partial charge in [0, 0.05) is 5.69 Å². The first-order valence-electron chi connectivity index (χ1n) is 4.21. The van der Waals surface area contributed by atoms with E-state index in [2.05, 4.69) is 4.98 Å². The largest absolute Gasteiger partial charge is 0.396 e. The lowest BCUT2D eigenvalue weighted by molar-refractivity contribution is 1.20. The number of allylic oxidation sites excluding steroid dienone is 1. The molecule has 0 fully saturated rings. The third-order valence-corrected chi connectivity index (χ3v) is 1.82. The van der Waals surface area contributed by atoms with E-state index in [1.54, 1.807) is 12.1 Å². The molecular weight excluding hydrogens is 176 g/mol. The predicted octanol–water partition coefficient (Wildman–Crippen LogP) is 1.48. The fourth-order valence-electron chi connectivity index (χ4n) is 1.06. The summed E-state index contributed by atoms with van der Waals surface area (Å²) in [7, 11) is 0. The Morgan fingerprint density at radius 2 is 2.29 bits per heavy atom. The van der Waals surface area contributed by atoms with Gasteiger partial charge in [-0.25, -0.2) is 4.98 Å². The summed E-state index contributed by atoms with van der Waals surface area (Å²) >= 11 is 0. The second-order valence-corrected chi connectivity index (χ2v) is 2.90. The van der Waals surface area contributed by atoms with Gasteiger partial charge >= 0.3 is 0 Å². The van der Waals surface area contributed by atoms with Gasteiger partial charge in [-0.05, 0) is 18.6 Å². The first-order chi connectivity index (χ1) is 6.65. The molecule has 72 valence electrons. The summed E-state index contributed by atoms with van der Waals surface area (Å²) in [6.07, 6.45) is 3.96. The van der Waals surface area contributed by atoms with Crippen LogP contribution in [0.15, 0.2) is 12.1 Å². The maximum atomic E-state index is 8.35. The molecule has 0 aliphatic heterocycles. The minimum absolute atomic E-state index is 0.347. The van der Waals surface area contributed by atoms with Crippen molar-refractivity contribution in [3.05, 3.63) is 23.4 Å². The highest BCUT2D eigenvalue weighted by Crippen LogP contribution is 2.17. The van der Waals surface area contributed by atoms with Crippen LogP contribution in [-0.4, -0.2) is 4.98 Å². The zero-order valence-electron chi connectivity index (χ0n) is 7.99. The van der Waals surface area contributed by atoms with Crippen LogP contribution in [0, 0.1) is 18.3 Å². The number of aryl methyl sites for hydroxylation is 1. The van der Waals surface area contributed by atoms with Gasteiger partial charge in [0.25, 0.3) is 0 Å². The predicted molar refractivity (Wildman–Crippen MR) is 57.1 cm³/mol. The van der Waals surface area contributed by atoms with E-state index in [9.17, 15) is 0 Å². The molecule has 0 aromatic carbocycles. The maximum Gasteiger partial charge on any atom is 0.146 e. The molecule has 0 aliphatic carbocycles. The van der Waals surface area contributed by atoms with Gasteiger partial charge in [0.1, 0.15) is 5.82 Å². The van der Waals surface area contributed by atoms with Crippen molar-refractivity contribution in [3.8, 4) is 6.07 Å². The van der Waals surface area contributed by atoms with E-state index >= 15 is 0 Å². The molecule has 1 aromatic heterocycles. The van der Waals surface area contributed by atoms with Gasteiger partial charge < -0.3 is 11.5 Å². The molecule has 1 aromatic rings. The number of aromatic nitrogens is 1. The van der Waals surface area contributed by atoms with Crippen LogP contribution >= 0.6 is 0 Å². The Labute approximate surface area is 82.9 Å². The third kappa shape index (κ3) is 2.23. The molecule has 0 radical (unpaired) electrons. The van der Waals surface area contributed by atoms with Crippen LogP contribution < -0.4 is 11.5 Å². The smallest absolute Gasteiger partial charge is 0.146 e. The molecule has 0 spiro atoms. The lowest BCUT2D eigenvalue weighted by Gasteiger charge is -2.03. The van der Waals surface area contributed by atoms with Crippen LogP contribution in [0.4, 0.5) is 11.5 Å². The van der Waals surface area contributed by atoms with Gasteiger partial charge in [-0.1, -0.05) is 12.2 Å². The number of hydrogen-bond donors (Lipinski definition) is 2. The van der Waals surface area contributed by atoms with Crippen LogP contribution in [0.5, 0.6) is 0 Å². The van der Waals surface area contributed by atoms with Crippen molar-refractivity contribution in [1.29, 1.82) is 5.26 Å². The van der Waals surface area contributed by atoms with Crippen LogP contribution in [0.1, 0.15) is 17.7 Å². The van der Waals surface area contributed by atoms with Gasteiger partial charge in [-0.2, -0.15) is 5.26 Å². The fraction of sp³-hybridized carbons (Fsp3) is 0.200. The molecular formula is C10H12N4. The number of nitriles is 1. The van der Waals surface area contributed by atoms with E-state index in [0.717, 1.165) is 11.3 Å². The second kappa shape index (κ2) is 4.28. The Kier molecular flexibility index (Phi) is 3.08. The van der Waals surface area contributed by atoms with Crippen molar-refractivity contribution in [2.75, 3.05) is 11.5 Å². The lowest BCUT2D eigenvalue weighted by atomic mass is 10.1. The van der Waals surface area contributed by atoms with E-state index < -0.39 is 0 Å². The van der Waals surface area contributed by atoms with Gasteiger partial charge in [-0.15, -0.1) is 0 Å². The number of nitrogen functional groups attached to an aromatic ring is 2. The summed E-state index contributed by atoms with van der Waals surface area (Å²) in [4.78, 5) is 4.07. The normalized spacial score (nSPS) is 10.3. The molecule has 14 heavy (non-hydrogen) atoms. The molecule has 0 saturated heterocycles. The summed E-state index contributed by atoms with van der Waals surface area (Å²) in [5.74, 6) is 0.347. The average molecular weight is 188 g/mol. The van der Waals surface area contributed by atoms with Crippen LogP contribution in [-0.2, 0) is 0 Å². The van der Waals surface area contributed by atoms with E-state index in [0.29, 0.717) is 17.9 Å².